The minimum absolute atomic E-state index is 0.0277. The van der Waals surface area contributed by atoms with E-state index in [0.29, 0.717) is 0 Å². The largest absolute Gasteiger partial charge is 0.447 e. The number of rotatable bonds is 1. The number of ether oxygens (including phenoxy) is 1. The Labute approximate surface area is 73.3 Å². The van der Waals surface area contributed by atoms with Crippen LogP contribution in [0.2, 0.25) is 0 Å². The third-order valence-corrected chi connectivity index (χ3v) is 2.50. The Kier molecular flexibility index (Phi) is 2.62. The molecule has 0 spiro atoms. The first-order valence-electron chi connectivity index (χ1n) is 3.35. The van der Waals surface area contributed by atoms with E-state index >= 15 is 0 Å². The number of esters is 1. The summed E-state index contributed by atoms with van der Waals surface area (Å²) < 4.78 is 4.59. The Hall–Kier alpha value is -0.300. The minimum Gasteiger partial charge on any atom is -0.447 e. The molecule has 0 radical (unpaired) electrons. The summed E-state index contributed by atoms with van der Waals surface area (Å²) in [6, 6.07) is 0. The van der Waals surface area contributed by atoms with Crippen LogP contribution in [-0.2, 0) is 9.53 Å². The van der Waals surface area contributed by atoms with Crippen molar-refractivity contribution in [3.05, 3.63) is 0 Å². The summed E-state index contributed by atoms with van der Waals surface area (Å²) in [4.78, 5) is 10.8. The van der Waals surface area contributed by atoms with E-state index in [1.165, 1.54) is 11.8 Å². The van der Waals surface area contributed by atoms with Crippen LogP contribution in [0.5, 0.6) is 0 Å². The van der Waals surface area contributed by atoms with E-state index in [0.717, 1.165) is 0 Å². The van der Waals surface area contributed by atoms with Gasteiger partial charge in [0.25, 0.3) is 5.79 Å². The topological polar surface area (TPSA) is 87.0 Å². The molecule has 0 aromatic carbocycles. The molecule has 1 aliphatic rings. The van der Waals surface area contributed by atoms with Gasteiger partial charge in [-0.05, 0) is 6.26 Å². The van der Waals surface area contributed by atoms with Crippen molar-refractivity contribution < 1.29 is 24.9 Å². The second-order valence-corrected chi connectivity index (χ2v) is 3.55. The molecular weight excluding hydrogens is 184 g/mol. The van der Waals surface area contributed by atoms with Crippen LogP contribution in [0.1, 0.15) is 6.42 Å². The molecule has 0 bridgehead atoms. The van der Waals surface area contributed by atoms with Gasteiger partial charge in [-0.2, -0.15) is 0 Å². The number of hydrogen-bond acceptors (Lipinski definition) is 6. The lowest BCUT2D eigenvalue weighted by Gasteiger charge is -2.33. The highest BCUT2D eigenvalue weighted by atomic mass is 32.2. The van der Waals surface area contributed by atoms with Gasteiger partial charge < -0.3 is 20.1 Å². The highest BCUT2D eigenvalue weighted by Crippen LogP contribution is 2.27. The zero-order valence-electron chi connectivity index (χ0n) is 6.43. The van der Waals surface area contributed by atoms with Gasteiger partial charge in [-0.3, -0.25) is 0 Å². The van der Waals surface area contributed by atoms with E-state index in [1.54, 1.807) is 6.26 Å². The molecule has 1 rings (SSSR count). The molecule has 6 heteroatoms. The number of carbonyl (C=O) groups is 1. The van der Waals surface area contributed by atoms with E-state index in [-0.39, 0.29) is 6.42 Å². The number of aliphatic hydroxyl groups excluding tert-OH is 1. The van der Waals surface area contributed by atoms with Crippen LogP contribution < -0.4 is 0 Å². The average molecular weight is 194 g/mol. The maximum atomic E-state index is 10.8. The molecular formula is C6H10O5S. The molecule has 0 amide bonds. The van der Waals surface area contributed by atoms with Crippen molar-refractivity contribution in [3.63, 3.8) is 0 Å². The average Bonchev–Trinajstić information content (AvgIpc) is 2.00. The molecule has 2 atom stereocenters. The van der Waals surface area contributed by atoms with Gasteiger partial charge in [-0.25, -0.2) is 4.79 Å². The van der Waals surface area contributed by atoms with Crippen LogP contribution in [0.4, 0.5) is 0 Å². The number of hydrogen-bond donors (Lipinski definition) is 3. The van der Waals surface area contributed by atoms with Crippen molar-refractivity contribution in [2.24, 2.45) is 0 Å². The van der Waals surface area contributed by atoms with Crippen LogP contribution in [0.25, 0.3) is 0 Å². The predicted octanol–water partition coefficient (Wildman–Crippen LogP) is -1.34. The Morgan fingerprint density at radius 1 is 1.67 bits per heavy atom. The lowest BCUT2D eigenvalue weighted by atomic mass is 10.1. The Balaban J connectivity index is 2.71. The van der Waals surface area contributed by atoms with Crippen LogP contribution in [0.15, 0.2) is 0 Å². The fourth-order valence-corrected chi connectivity index (χ4v) is 1.44. The standard InChI is InChI=1S/C6H10O5S/c1-12-4-2-3(7)6(9,10)5(8)11-4/h3-4,7,9-10H,2H2,1H3. The predicted molar refractivity (Wildman–Crippen MR) is 41.2 cm³/mol. The molecule has 0 aromatic heterocycles. The van der Waals surface area contributed by atoms with Crippen LogP contribution >= 0.6 is 11.8 Å². The first-order valence-corrected chi connectivity index (χ1v) is 4.64. The normalized spacial score (nSPS) is 34.5. The number of cyclic esters (lactones) is 1. The molecule has 1 aliphatic heterocycles. The molecule has 0 saturated carbocycles. The molecule has 70 valence electrons. The van der Waals surface area contributed by atoms with Crippen molar-refractivity contribution in [3.8, 4) is 0 Å². The summed E-state index contributed by atoms with van der Waals surface area (Å²) in [5, 5.41) is 27.0. The quantitative estimate of drug-likeness (QED) is 0.354. The van der Waals surface area contributed by atoms with Gasteiger partial charge in [-0.15, -0.1) is 11.8 Å². The molecule has 0 aliphatic carbocycles. The first-order chi connectivity index (χ1) is 5.48. The highest BCUT2D eigenvalue weighted by molar-refractivity contribution is 7.99. The Morgan fingerprint density at radius 2 is 2.25 bits per heavy atom. The fourth-order valence-electron chi connectivity index (χ4n) is 0.881. The summed E-state index contributed by atoms with van der Waals surface area (Å²) in [5.41, 5.74) is -0.500. The van der Waals surface area contributed by atoms with Gasteiger partial charge in [0.05, 0.1) is 0 Å². The number of carbonyl (C=O) groups excluding carboxylic acids is 1. The van der Waals surface area contributed by atoms with E-state index < -0.39 is 23.3 Å². The zero-order valence-corrected chi connectivity index (χ0v) is 7.24. The van der Waals surface area contributed by atoms with Gasteiger partial charge in [0.15, 0.2) is 0 Å². The molecule has 1 fully saturated rings. The summed E-state index contributed by atoms with van der Waals surface area (Å²) in [5.74, 6) is -3.94. The van der Waals surface area contributed by atoms with Gasteiger partial charge >= 0.3 is 5.97 Å². The molecule has 1 saturated heterocycles. The SMILES string of the molecule is CSC1CC(O)C(O)(O)C(=O)O1. The third kappa shape index (κ3) is 1.56. The van der Waals surface area contributed by atoms with Crippen molar-refractivity contribution in [1.82, 2.24) is 0 Å². The molecule has 5 nitrogen and oxygen atoms in total. The van der Waals surface area contributed by atoms with Crippen molar-refractivity contribution >= 4 is 17.7 Å². The lowest BCUT2D eigenvalue weighted by Crippen LogP contribution is -2.56. The first kappa shape index (κ1) is 9.79. The van der Waals surface area contributed by atoms with E-state index in [4.69, 9.17) is 15.3 Å². The van der Waals surface area contributed by atoms with Gasteiger partial charge in [-0.1, -0.05) is 0 Å². The van der Waals surface area contributed by atoms with E-state index in [9.17, 15) is 4.79 Å². The Morgan fingerprint density at radius 3 is 2.67 bits per heavy atom. The second-order valence-electron chi connectivity index (χ2n) is 2.55. The van der Waals surface area contributed by atoms with Crippen molar-refractivity contribution in [1.29, 1.82) is 0 Å². The zero-order chi connectivity index (χ0) is 9.35. The number of thioether (sulfide) groups is 1. The van der Waals surface area contributed by atoms with Gasteiger partial charge in [0.1, 0.15) is 11.5 Å². The van der Waals surface area contributed by atoms with E-state index in [1.807, 2.05) is 0 Å². The summed E-state index contributed by atoms with van der Waals surface area (Å²) in [6.45, 7) is 0. The number of aliphatic hydroxyl groups is 3. The second kappa shape index (κ2) is 3.21. The van der Waals surface area contributed by atoms with Crippen LogP contribution in [0, 0.1) is 0 Å². The Bertz CT molecular complexity index is 192. The van der Waals surface area contributed by atoms with Gasteiger partial charge in [0.2, 0.25) is 0 Å². The molecule has 3 N–H and O–H groups in total. The smallest absolute Gasteiger partial charge is 0.370 e. The van der Waals surface area contributed by atoms with Crippen molar-refractivity contribution in [2.45, 2.75) is 23.7 Å². The van der Waals surface area contributed by atoms with E-state index in [2.05, 4.69) is 4.74 Å². The third-order valence-electron chi connectivity index (χ3n) is 1.68. The summed E-state index contributed by atoms with van der Waals surface area (Å²) in [6.07, 6.45) is 0.253. The fraction of sp³-hybridized carbons (Fsp3) is 0.833. The highest BCUT2D eigenvalue weighted by Gasteiger charge is 2.49. The summed E-state index contributed by atoms with van der Waals surface area (Å²) >= 11 is 1.23. The van der Waals surface area contributed by atoms with Gasteiger partial charge in [0, 0.05) is 6.42 Å². The summed E-state index contributed by atoms with van der Waals surface area (Å²) in [7, 11) is 0. The van der Waals surface area contributed by atoms with Crippen LogP contribution in [-0.4, -0.2) is 44.9 Å². The minimum atomic E-state index is -2.74. The maximum Gasteiger partial charge on any atom is 0.370 e. The molecule has 1 heterocycles. The monoisotopic (exact) mass is 194 g/mol. The maximum absolute atomic E-state index is 10.8. The molecule has 0 aromatic rings. The molecule has 12 heavy (non-hydrogen) atoms. The lowest BCUT2D eigenvalue weighted by molar-refractivity contribution is -0.258. The van der Waals surface area contributed by atoms with Crippen molar-refractivity contribution in [2.75, 3.05) is 6.26 Å². The van der Waals surface area contributed by atoms with Crippen LogP contribution in [0.3, 0.4) is 0 Å². The molecule has 2 unspecified atom stereocenters.